The molecule has 122 valence electrons. The average molecular weight is 310 g/mol. The van der Waals surface area contributed by atoms with Crippen LogP contribution in [0.3, 0.4) is 0 Å². The van der Waals surface area contributed by atoms with Crippen LogP contribution in [0.5, 0.6) is 0 Å². The van der Waals surface area contributed by atoms with Crippen LogP contribution < -0.4 is 0 Å². The number of rotatable bonds is 7. The van der Waals surface area contributed by atoms with E-state index in [9.17, 15) is 0 Å². The Morgan fingerprint density at radius 3 is 2.70 bits per heavy atom. The summed E-state index contributed by atoms with van der Waals surface area (Å²) in [6, 6.07) is 6.33. The van der Waals surface area contributed by atoms with E-state index in [2.05, 4.69) is 23.5 Å². The zero-order valence-electron chi connectivity index (χ0n) is 13.9. The lowest BCUT2D eigenvalue weighted by Gasteiger charge is -2.25. The Hall–Kier alpha value is -2.10. The fourth-order valence-electron chi connectivity index (χ4n) is 2.64. The second kappa shape index (κ2) is 9.82. The standard InChI is InChI=1S/C19H26N4/c1-3-12-20-16(4-2)14-22-18-10-5-6-11-19(18)23-15-17-9-7-8-13-21-17/h4,7-9,13-15,18-19H,2-3,5-6,10-12H2,1H3/t18-,19?/m0/s1. The van der Waals surface area contributed by atoms with Gasteiger partial charge in [0.25, 0.3) is 0 Å². The second-order valence-electron chi connectivity index (χ2n) is 5.74. The minimum absolute atomic E-state index is 0.232. The van der Waals surface area contributed by atoms with Crippen molar-refractivity contribution in [2.75, 3.05) is 6.54 Å². The van der Waals surface area contributed by atoms with Crippen molar-refractivity contribution in [3.8, 4) is 0 Å². The van der Waals surface area contributed by atoms with E-state index in [0.717, 1.165) is 37.2 Å². The molecule has 0 amide bonds. The van der Waals surface area contributed by atoms with Crippen LogP contribution in [0, 0.1) is 0 Å². The topological polar surface area (TPSA) is 50.0 Å². The van der Waals surface area contributed by atoms with E-state index >= 15 is 0 Å². The van der Waals surface area contributed by atoms with Crippen molar-refractivity contribution in [1.29, 1.82) is 0 Å². The number of hydrogen-bond donors (Lipinski definition) is 0. The first-order valence-corrected chi connectivity index (χ1v) is 8.47. The Morgan fingerprint density at radius 1 is 1.26 bits per heavy atom. The van der Waals surface area contributed by atoms with Crippen LogP contribution in [-0.4, -0.2) is 41.8 Å². The Bertz CT molecular complexity index is 560. The van der Waals surface area contributed by atoms with Crippen molar-refractivity contribution in [2.24, 2.45) is 15.0 Å². The highest BCUT2D eigenvalue weighted by Gasteiger charge is 2.23. The molecule has 1 aliphatic carbocycles. The fraction of sp³-hybridized carbons (Fsp3) is 0.474. The highest BCUT2D eigenvalue weighted by Crippen LogP contribution is 2.23. The van der Waals surface area contributed by atoms with E-state index in [1.54, 1.807) is 12.3 Å². The van der Waals surface area contributed by atoms with Crippen LogP contribution in [0.25, 0.3) is 0 Å². The summed E-state index contributed by atoms with van der Waals surface area (Å²) in [6.07, 6.45) is 12.9. The number of allylic oxidation sites excluding steroid dienone is 1. The van der Waals surface area contributed by atoms with Gasteiger partial charge in [-0.25, -0.2) is 0 Å². The van der Waals surface area contributed by atoms with Crippen LogP contribution in [0.4, 0.5) is 0 Å². The highest BCUT2D eigenvalue weighted by molar-refractivity contribution is 6.35. The molecule has 4 nitrogen and oxygen atoms in total. The molecule has 0 saturated heterocycles. The third-order valence-corrected chi connectivity index (χ3v) is 3.91. The maximum absolute atomic E-state index is 4.74. The molecular weight excluding hydrogens is 284 g/mol. The van der Waals surface area contributed by atoms with Crippen LogP contribution >= 0.6 is 0 Å². The molecule has 1 saturated carbocycles. The lowest BCUT2D eigenvalue weighted by molar-refractivity contribution is 0.390. The van der Waals surface area contributed by atoms with Crippen LogP contribution in [0.1, 0.15) is 44.7 Å². The Labute approximate surface area is 139 Å². The van der Waals surface area contributed by atoms with E-state index in [4.69, 9.17) is 9.98 Å². The molecule has 4 heteroatoms. The van der Waals surface area contributed by atoms with Crippen molar-refractivity contribution >= 4 is 18.1 Å². The van der Waals surface area contributed by atoms with Gasteiger partial charge in [-0.3, -0.25) is 20.0 Å². The molecule has 1 unspecified atom stereocenters. The average Bonchev–Trinajstić information content (AvgIpc) is 2.62. The number of aliphatic imine (C=N–C) groups is 3. The smallest absolute Gasteiger partial charge is 0.0807 e. The largest absolute Gasteiger partial charge is 0.285 e. The van der Waals surface area contributed by atoms with Crippen LogP contribution in [0.15, 0.2) is 52.0 Å². The molecular formula is C19H26N4. The summed E-state index contributed by atoms with van der Waals surface area (Å²) in [6.45, 7) is 6.75. The van der Waals surface area contributed by atoms with Crippen LogP contribution in [0.2, 0.25) is 0 Å². The van der Waals surface area contributed by atoms with Crippen molar-refractivity contribution in [2.45, 2.75) is 51.1 Å². The van der Waals surface area contributed by atoms with Gasteiger partial charge in [-0.05, 0) is 37.5 Å². The SMILES string of the molecule is C=CC(C=N[C@H]1CCCCC1N=Cc1ccccn1)=NCCC. The summed E-state index contributed by atoms with van der Waals surface area (Å²) in [5.74, 6) is 0. The summed E-state index contributed by atoms with van der Waals surface area (Å²) < 4.78 is 0. The van der Waals surface area contributed by atoms with Crippen LogP contribution in [-0.2, 0) is 0 Å². The maximum Gasteiger partial charge on any atom is 0.0807 e. The zero-order chi connectivity index (χ0) is 16.3. The Kier molecular flexibility index (Phi) is 7.37. The maximum atomic E-state index is 4.74. The van der Waals surface area contributed by atoms with Gasteiger partial charge >= 0.3 is 0 Å². The summed E-state index contributed by atoms with van der Waals surface area (Å²) in [7, 11) is 0. The zero-order valence-corrected chi connectivity index (χ0v) is 13.9. The molecule has 1 aromatic rings. The molecule has 1 aliphatic rings. The van der Waals surface area contributed by atoms with Gasteiger partial charge in [-0.2, -0.15) is 0 Å². The van der Waals surface area contributed by atoms with Crippen molar-refractivity contribution in [3.63, 3.8) is 0 Å². The van der Waals surface area contributed by atoms with Gasteiger partial charge < -0.3 is 0 Å². The van der Waals surface area contributed by atoms with Gasteiger partial charge in [0.15, 0.2) is 0 Å². The van der Waals surface area contributed by atoms with Gasteiger partial charge in [0.2, 0.25) is 0 Å². The first kappa shape index (κ1) is 17.3. The molecule has 23 heavy (non-hydrogen) atoms. The second-order valence-corrected chi connectivity index (χ2v) is 5.74. The van der Waals surface area contributed by atoms with Gasteiger partial charge in [-0.15, -0.1) is 0 Å². The Balaban J connectivity index is 2.03. The van der Waals surface area contributed by atoms with Crippen molar-refractivity contribution in [3.05, 3.63) is 42.7 Å². The summed E-state index contributed by atoms with van der Waals surface area (Å²) in [5.41, 5.74) is 1.77. The third kappa shape index (κ3) is 5.89. The Morgan fingerprint density at radius 2 is 2.04 bits per heavy atom. The fourth-order valence-corrected chi connectivity index (χ4v) is 2.64. The molecule has 2 atom stereocenters. The molecule has 2 rings (SSSR count). The quantitative estimate of drug-likeness (QED) is 0.704. The number of nitrogens with zero attached hydrogens (tertiary/aromatic N) is 4. The monoisotopic (exact) mass is 310 g/mol. The molecule has 1 aromatic heterocycles. The summed E-state index contributed by atoms with van der Waals surface area (Å²) in [5, 5.41) is 0. The molecule has 0 radical (unpaired) electrons. The minimum atomic E-state index is 0.232. The predicted octanol–water partition coefficient (Wildman–Crippen LogP) is 3.92. The highest BCUT2D eigenvalue weighted by atomic mass is 14.9. The molecule has 0 spiro atoms. The number of hydrogen-bond acceptors (Lipinski definition) is 4. The van der Waals surface area contributed by atoms with Gasteiger partial charge in [-0.1, -0.05) is 32.4 Å². The van der Waals surface area contributed by atoms with E-state index in [-0.39, 0.29) is 12.1 Å². The first-order valence-electron chi connectivity index (χ1n) is 8.47. The normalized spacial score (nSPS) is 22.7. The minimum Gasteiger partial charge on any atom is -0.285 e. The molecule has 0 N–H and O–H groups in total. The first-order chi connectivity index (χ1) is 11.3. The van der Waals surface area contributed by atoms with Gasteiger partial charge in [0.1, 0.15) is 0 Å². The van der Waals surface area contributed by atoms with Crippen molar-refractivity contribution < 1.29 is 0 Å². The van der Waals surface area contributed by atoms with E-state index in [1.165, 1.54) is 12.8 Å². The number of pyridine rings is 1. The summed E-state index contributed by atoms with van der Waals surface area (Å²) >= 11 is 0. The van der Waals surface area contributed by atoms with Gasteiger partial charge in [0, 0.05) is 25.2 Å². The molecule has 0 aromatic carbocycles. The molecule has 1 fully saturated rings. The number of aromatic nitrogens is 1. The predicted molar refractivity (Wildman–Crippen MR) is 99.2 cm³/mol. The van der Waals surface area contributed by atoms with Gasteiger partial charge in [0.05, 0.1) is 23.5 Å². The molecule has 1 heterocycles. The molecule has 0 aliphatic heterocycles. The third-order valence-electron chi connectivity index (χ3n) is 3.91. The lowest BCUT2D eigenvalue weighted by atomic mass is 9.91. The summed E-state index contributed by atoms with van der Waals surface area (Å²) in [4.78, 5) is 18.2. The van der Waals surface area contributed by atoms with E-state index in [0.29, 0.717) is 0 Å². The van der Waals surface area contributed by atoms with Crippen molar-refractivity contribution in [1.82, 2.24) is 4.98 Å². The van der Waals surface area contributed by atoms with E-state index < -0.39 is 0 Å². The lowest BCUT2D eigenvalue weighted by Crippen LogP contribution is -2.27. The molecule has 0 bridgehead atoms. The van der Waals surface area contributed by atoms with E-state index in [1.807, 2.05) is 30.6 Å².